The van der Waals surface area contributed by atoms with Crippen molar-refractivity contribution in [2.45, 2.75) is 6.92 Å². The summed E-state index contributed by atoms with van der Waals surface area (Å²) in [5.74, 6) is -0.483. The summed E-state index contributed by atoms with van der Waals surface area (Å²) in [7, 11) is 0. The Morgan fingerprint density at radius 3 is 2.20 bits per heavy atom. The van der Waals surface area contributed by atoms with Crippen LogP contribution in [0.15, 0.2) is 66.7 Å². The Bertz CT molecular complexity index is 1240. The monoisotopic (exact) mass is 455 g/mol. The minimum atomic E-state index is -0.483. The summed E-state index contributed by atoms with van der Waals surface area (Å²) in [5.41, 5.74) is 3.62. The third-order valence-electron chi connectivity index (χ3n) is 4.70. The van der Waals surface area contributed by atoms with Gasteiger partial charge in [0.25, 0.3) is 0 Å². The molecular weight excluding hydrogens is 441 g/mol. The highest BCUT2D eigenvalue weighted by Gasteiger charge is 2.26. The van der Waals surface area contributed by atoms with Gasteiger partial charge in [0.2, 0.25) is 0 Å². The van der Waals surface area contributed by atoms with Crippen LogP contribution in [-0.4, -0.2) is 17.6 Å². The lowest BCUT2D eigenvalue weighted by molar-refractivity contribution is 0.0529. The Balaban J connectivity index is 2.21. The molecule has 0 amide bonds. The van der Waals surface area contributed by atoms with E-state index < -0.39 is 5.97 Å². The quantitative estimate of drug-likeness (QED) is 0.295. The average Bonchev–Trinajstić information content (AvgIpc) is 2.76. The van der Waals surface area contributed by atoms with Gasteiger partial charge in [-0.15, -0.1) is 0 Å². The van der Waals surface area contributed by atoms with Crippen molar-refractivity contribution in [3.63, 3.8) is 0 Å². The topological polar surface area (TPSA) is 39.2 Å². The lowest BCUT2D eigenvalue weighted by Crippen LogP contribution is -2.10. The number of carbonyl (C=O) groups excluding carboxylic acids is 1. The van der Waals surface area contributed by atoms with E-state index in [0.717, 1.165) is 11.1 Å². The number of ether oxygens (including phenoxy) is 1. The van der Waals surface area contributed by atoms with E-state index in [-0.39, 0.29) is 6.61 Å². The van der Waals surface area contributed by atoms with Crippen LogP contribution in [0.2, 0.25) is 15.1 Å². The van der Waals surface area contributed by atoms with E-state index in [0.29, 0.717) is 42.8 Å². The summed E-state index contributed by atoms with van der Waals surface area (Å²) in [4.78, 5) is 18.0. The number of hydrogen-bond donors (Lipinski definition) is 0. The Morgan fingerprint density at radius 2 is 1.53 bits per heavy atom. The maximum atomic E-state index is 13.2. The van der Waals surface area contributed by atoms with E-state index in [9.17, 15) is 4.79 Å². The predicted octanol–water partition coefficient (Wildman–Crippen LogP) is 7.71. The lowest BCUT2D eigenvalue weighted by Gasteiger charge is -2.18. The molecule has 0 saturated carbocycles. The fraction of sp³-hybridized carbons (Fsp3) is 0.0833. The first-order valence-corrected chi connectivity index (χ1v) is 10.4. The number of hydrogen-bond acceptors (Lipinski definition) is 3. The van der Waals surface area contributed by atoms with Crippen LogP contribution in [0.3, 0.4) is 0 Å². The minimum Gasteiger partial charge on any atom is -0.462 e. The molecule has 6 heteroatoms. The van der Waals surface area contributed by atoms with Gasteiger partial charge in [0.15, 0.2) is 0 Å². The maximum Gasteiger partial charge on any atom is 0.339 e. The molecule has 0 saturated heterocycles. The number of halogens is 3. The van der Waals surface area contributed by atoms with Gasteiger partial charge in [-0.25, -0.2) is 9.78 Å². The number of esters is 1. The zero-order chi connectivity index (χ0) is 21.3. The molecule has 0 spiro atoms. The molecule has 1 aromatic heterocycles. The Morgan fingerprint density at radius 1 is 0.867 bits per heavy atom. The summed E-state index contributed by atoms with van der Waals surface area (Å²) < 4.78 is 5.41. The smallest absolute Gasteiger partial charge is 0.339 e. The number of carbonyl (C=O) groups is 1. The summed E-state index contributed by atoms with van der Waals surface area (Å²) >= 11 is 19.1. The Hall–Kier alpha value is -2.59. The van der Waals surface area contributed by atoms with Crippen LogP contribution in [-0.2, 0) is 4.74 Å². The van der Waals surface area contributed by atoms with Crippen molar-refractivity contribution >= 4 is 51.7 Å². The van der Waals surface area contributed by atoms with Gasteiger partial charge in [-0.2, -0.15) is 0 Å². The van der Waals surface area contributed by atoms with E-state index >= 15 is 0 Å². The highest BCUT2D eigenvalue weighted by Crippen LogP contribution is 2.42. The second-order valence-corrected chi connectivity index (χ2v) is 7.81. The minimum absolute atomic E-state index is 0.228. The van der Waals surface area contributed by atoms with Crippen molar-refractivity contribution < 1.29 is 9.53 Å². The standard InChI is InChI=1S/C24H16Cl3NO2/c1-2-30-24(29)21-19(14-6-4-3-5-7-14)22(15-8-10-16(25)11-9-15)28-23-18(27)13-12-17(26)20(21)23/h3-13H,2H2,1H3. The van der Waals surface area contributed by atoms with Crippen molar-refractivity contribution in [2.75, 3.05) is 6.61 Å². The van der Waals surface area contributed by atoms with Gasteiger partial charge >= 0.3 is 5.97 Å². The molecule has 0 aliphatic rings. The van der Waals surface area contributed by atoms with Crippen molar-refractivity contribution in [3.05, 3.63) is 87.4 Å². The van der Waals surface area contributed by atoms with E-state index in [4.69, 9.17) is 44.5 Å². The SMILES string of the molecule is CCOC(=O)c1c(-c2ccccc2)c(-c2ccc(Cl)cc2)nc2c(Cl)ccc(Cl)c12. The molecule has 150 valence electrons. The second-order valence-electron chi connectivity index (χ2n) is 6.56. The van der Waals surface area contributed by atoms with Crippen LogP contribution in [0.5, 0.6) is 0 Å². The molecule has 0 bridgehead atoms. The summed E-state index contributed by atoms with van der Waals surface area (Å²) in [5, 5.41) is 1.85. The molecule has 0 radical (unpaired) electrons. The van der Waals surface area contributed by atoms with Crippen molar-refractivity contribution in [1.29, 1.82) is 0 Å². The fourth-order valence-electron chi connectivity index (χ4n) is 3.41. The zero-order valence-electron chi connectivity index (χ0n) is 16.0. The number of rotatable bonds is 4. The van der Waals surface area contributed by atoms with Gasteiger partial charge in [0.05, 0.1) is 33.4 Å². The van der Waals surface area contributed by atoms with E-state index in [2.05, 4.69) is 0 Å². The molecule has 3 nitrogen and oxygen atoms in total. The Labute approximate surface area is 189 Å². The van der Waals surface area contributed by atoms with Gasteiger partial charge < -0.3 is 4.74 Å². The van der Waals surface area contributed by atoms with E-state index in [1.165, 1.54) is 0 Å². The predicted molar refractivity (Wildman–Crippen MR) is 124 cm³/mol. The summed E-state index contributed by atoms with van der Waals surface area (Å²) in [6, 6.07) is 20.2. The molecule has 4 aromatic rings. The molecule has 1 heterocycles. The molecule has 30 heavy (non-hydrogen) atoms. The summed E-state index contributed by atoms with van der Waals surface area (Å²) in [6.45, 7) is 1.99. The second kappa shape index (κ2) is 8.65. The number of pyridine rings is 1. The third-order valence-corrected chi connectivity index (χ3v) is 5.57. The normalized spacial score (nSPS) is 10.9. The number of fused-ring (bicyclic) bond motifs is 1. The van der Waals surface area contributed by atoms with Crippen LogP contribution in [0.25, 0.3) is 33.3 Å². The highest BCUT2D eigenvalue weighted by molar-refractivity contribution is 6.41. The van der Waals surface area contributed by atoms with Gasteiger partial charge in [-0.05, 0) is 36.8 Å². The van der Waals surface area contributed by atoms with Gasteiger partial charge in [-0.3, -0.25) is 0 Å². The van der Waals surface area contributed by atoms with E-state index in [1.54, 1.807) is 31.2 Å². The van der Waals surface area contributed by atoms with Crippen molar-refractivity contribution in [1.82, 2.24) is 4.98 Å². The van der Waals surface area contributed by atoms with Crippen LogP contribution >= 0.6 is 34.8 Å². The largest absolute Gasteiger partial charge is 0.462 e. The zero-order valence-corrected chi connectivity index (χ0v) is 18.2. The van der Waals surface area contributed by atoms with Gasteiger partial charge in [0.1, 0.15) is 0 Å². The van der Waals surface area contributed by atoms with Crippen LogP contribution in [0.4, 0.5) is 0 Å². The summed E-state index contributed by atoms with van der Waals surface area (Å²) in [6.07, 6.45) is 0. The average molecular weight is 457 g/mol. The molecule has 0 N–H and O–H groups in total. The Kier molecular flexibility index (Phi) is 5.96. The first-order valence-electron chi connectivity index (χ1n) is 9.31. The molecule has 0 fully saturated rings. The van der Waals surface area contributed by atoms with Crippen LogP contribution in [0, 0.1) is 0 Å². The van der Waals surface area contributed by atoms with Crippen LogP contribution in [0.1, 0.15) is 17.3 Å². The molecule has 0 aliphatic heterocycles. The molecule has 0 atom stereocenters. The number of nitrogens with zero attached hydrogens (tertiary/aromatic N) is 1. The number of aromatic nitrogens is 1. The molecule has 0 aliphatic carbocycles. The first kappa shape index (κ1) is 20.7. The maximum absolute atomic E-state index is 13.2. The van der Waals surface area contributed by atoms with Gasteiger partial charge in [-0.1, -0.05) is 77.3 Å². The molecular formula is C24H16Cl3NO2. The lowest BCUT2D eigenvalue weighted by atomic mass is 9.91. The number of benzene rings is 3. The highest BCUT2D eigenvalue weighted by atomic mass is 35.5. The van der Waals surface area contributed by atoms with E-state index in [1.807, 2.05) is 42.5 Å². The third kappa shape index (κ3) is 3.77. The fourth-order valence-corrected chi connectivity index (χ4v) is 3.98. The molecule has 0 unspecified atom stereocenters. The first-order chi connectivity index (χ1) is 14.5. The molecule has 3 aromatic carbocycles. The van der Waals surface area contributed by atoms with Crippen molar-refractivity contribution in [2.24, 2.45) is 0 Å². The molecule has 4 rings (SSSR count). The van der Waals surface area contributed by atoms with Crippen LogP contribution < -0.4 is 0 Å². The van der Waals surface area contributed by atoms with Crippen molar-refractivity contribution in [3.8, 4) is 22.4 Å². The van der Waals surface area contributed by atoms with Gasteiger partial charge in [0, 0.05) is 21.5 Å².